The number of aryl methyl sites for hydroxylation is 3. The molecule has 30 heavy (non-hydrogen) atoms. The number of anilines is 1. The first-order chi connectivity index (χ1) is 14.5. The lowest BCUT2D eigenvalue weighted by atomic mass is 10.1. The van der Waals surface area contributed by atoms with E-state index in [-0.39, 0.29) is 12.3 Å². The van der Waals surface area contributed by atoms with Crippen LogP contribution in [-0.4, -0.2) is 26.0 Å². The highest BCUT2D eigenvalue weighted by Gasteiger charge is 2.12. The number of amides is 1. The van der Waals surface area contributed by atoms with Crippen molar-refractivity contribution in [3.63, 3.8) is 0 Å². The van der Waals surface area contributed by atoms with Crippen molar-refractivity contribution in [1.29, 1.82) is 0 Å². The van der Waals surface area contributed by atoms with E-state index >= 15 is 0 Å². The fraction of sp³-hybridized carbons (Fsp3) is 0.238. The Balaban J connectivity index is 1.30. The van der Waals surface area contributed by atoms with Crippen molar-refractivity contribution >= 4 is 46.0 Å². The van der Waals surface area contributed by atoms with Gasteiger partial charge in [0.1, 0.15) is 0 Å². The Morgan fingerprint density at radius 1 is 1.20 bits per heavy atom. The first-order valence-electron chi connectivity index (χ1n) is 9.43. The van der Waals surface area contributed by atoms with Crippen molar-refractivity contribution in [3.05, 3.63) is 64.3 Å². The van der Waals surface area contributed by atoms with Gasteiger partial charge in [0, 0.05) is 23.6 Å². The molecule has 0 atom stereocenters. The number of nitrogens with one attached hydrogen (secondary N) is 2. The fourth-order valence-electron chi connectivity index (χ4n) is 3.04. The molecule has 0 saturated carbocycles. The van der Waals surface area contributed by atoms with E-state index in [4.69, 9.17) is 16.1 Å². The van der Waals surface area contributed by atoms with E-state index in [1.54, 1.807) is 6.07 Å². The Morgan fingerprint density at radius 2 is 2.00 bits per heavy atom. The summed E-state index contributed by atoms with van der Waals surface area (Å²) in [7, 11) is 0. The Morgan fingerprint density at radius 3 is 2.80 bits per heavy atom. The van der Waals surface area contributed by atoms with Crippen molar-refractivity contribution in [3.8, 4) is 0 Å². The van der Waals surface area contributed by atoms with Crippen LogP contribution in [-0.2, 0) is 17.0 Å². The SMILES string of the molecule is Cc1cccc(C)c1NC(=O)CCc1nc(CSc2nc3ccc(Cl)cc3[nH]2)no1. The Kier molecular flexibility index (Phi) is 6.06. The number of thioether (sulfide) groups is 1. The average Bonchev–Trinajstić information content (AvgIpc) is 3.33. The highest BCUT2D eigenvalue weighted by molar-refractivity contribution is 7.98. The topological polar surface area (TPSA) is 96.7 Å². The number of aromatic nitrogens is 4. The molecule has 154 valence electrons. The first-order valence-corrected chi connectivity index (χ1v) is 10.8. The number of rotatable bonds is 7. The third-order valence-electron chi connectivity index (χ3n) is 4.58. The van der Waals surface area contributed by atoms with E-state index in [2.05, 4.69) is 25.4 Å². The van der Waals surface area contributed by atoms with Crippen molar-refractivity contribution < 1.29 is 9.32 Å². The molecule has 2 N–H and O–H groups in total. The first kappa shape index (κ1) is 20.4. The molecule has 0 aliphatic carbocycles. The monoisotopic (exact) mass is 441 g/mol. The van der Waals surface area contributed by atoms with E-state index in [0.29, 0.717) is 28.9 Å². The summed E-state index contributed by atoms with van der Waals surface area (Å²) >= 11 is 7.47. The molecule has 0 radical (unpaired) electrons. The number of carbonyl (C=O) groups is 1. The zero-order valence-electron chi connectivity index (χ0n) is 16.5. The number of nitrogens with zero attached hydrogens (tertiary/aromatic N) is 3. The number of aromatic amines is 1. The van der Waals surface area contributed by atoms with Gasteiger partial charge >= 0.3 is 0 Å². The molecule has 4 aromatic rings. The molecule has 0 fully saturated rings. The summed E-state index contributed by atoms with van der Waals surface area (Å²) in [4.78, 5) is 24.4. The molecular formula is C21H20ClN5O2S. The molecule has 0 aliphatic rings. The minimum Gasteiger partial charge on any atom is -0.339 e. The van der Waals surface area contributed by atoms with Crippen LogP contribution >= 0.6 is 23.4 Å². The summed E-state index contributed by atoms with van der Waals surface area (Å²) in [5, 5.41) is 8.37. The molecule has 9 heteroatoms. The van der Waals surface area contributed by atoms with Gasteiger partial charge in [-0.15, -0.1) is 0 Å². The molecule has 0 bridgehead atoms. The predicted molar refractivity (Wildman–Crippen MR) is 118 cm³/mol. The molecule has 2 heterocycles. The Labute approximate surface area is 182 Å². The average molecular weight is 442 g/mol. The second-order valence-electron chi connectivity index (χ2n) is 6.91. The van der Waals surface area contributed by atoms with Crippen molar-refractivity contribution in [2.45, 2.75) is 37.6 Å². The van der Waals surface area contributed by atoms with Crippen LogP contribution < -0.4 is 5.32 Å². The van der Waals surface area contributed by atoms with Crippen molar-refractivity contribution in [2.75, 3.05) is 5.32 Å². The summed E-state index contributed by atoms with van der Waals surface area (Å²) in [5.74, 6) is 1.43. The molecule has 0 aliphatic heterocycles. The number of fused-ring (bicyclic) bond motifs is 1. The van der Waals surface area contributed by atoms with Crippen LogP contribution in [0.2, 0.25) is 5.02 Å². The van der Waals surface area contributed by atoms with Gasteiger partial charge in [-0.25, -0.2) is 4.98 Å². The summed E-state index contributed by atoms with van der Waals surface area (Å²) in [6.07, 6.45) is 0.657. The molecule has 0 spiro atoms. The van der Waals surface area contributed by atoms with Gasteiger partial charge in [-0.05, 0) is 43.2 Å². The smallest absolute Gasteiger partial charge is 0.227 e. The normalized spacial score (nSPS) is 11.2. The van der Waals surface area contributed by atoms with Gasteiger partial charge in [0.25, 0.3) is 0 Å². The molecule has 4 rings (SSSR count). The molecule has 2 aromatic carbocycles. The van der Waals surface area contributed by atoms with Crippen molar-refractivity contribution in [2.24, 2.45) is 0 Å². The largest absolute Gasteiger partial charge is 0.339 e. The van der Waals surface area contributed by atoms with Crippen LogP contribution in [0.25, 0.3) is 11.0 Å². The second-order valence-corrected chi connectivity index (χ2v) is 8.31. The van der Waals surface area contributed by atoms with Crippen LogP contribution in [0, 0.1) is 13.8 Å². The minimum atomic E-state index is -0.0811. The summed E-state index contributed by atoms with van der Waals surface area (Å²) < 4.78 is 5.27. The number of hydrogen-bond acceptors (Lipinski definition) is 6. The molecular weight excluding hydrogens is 422 g/mol. The second kappa shape index (κ2) is 8.89. The van der Waals surface area contributed by atoms with E-state index in [1.807, 2.05) is 44.2 Å². The standard InChI is InChI=1S/C21H20ClN5O2S/c1-12-4-3-5-13(2)20(12)26-18(28)8-9-19-25-17(27-29-19)11-30-21-23-15-7-6-14(22)10-16(15)24-21/h3-7,10H,8-9,11H2,1-2H3,(H,23,24)(H,26,28). The van der Waals surface area contributed by atoms with Gasteiger partial charge in [-0.3, -0.25) is 4.79 Å². The molecule has 0 saturated heterocycles. The Bertz CT molecular complexity index is 1180. The lowest BCUT2D eigenvalue weighted by molar-refractivity contribution is -0.116. The molecule has 7 nitrogen and oxygen atoms in total. The van der Waals surface area contributed by atoms with E-state index in [9.17, 15) is 4.79 Å². The lowest BCUT2D eigenvalue weighted by Gasteiger charge is -2.10. The predicted octanol–water partition coefficient (Wildman–Crippen LogP) is 5.08. The Hall–Kier alpha value is -2.84. The minimum absolute atomic E-state index is 0.0811. The molecule has 1 amide bonds. The van der Waals surface area contributed by atoms with Crippen LogP contribution in [0.4, 0.5) is 5.69 Å². The molecule has 0 unspecified atom stereocenters. The van der Waals surface area contributed by atoms with Gasteiger partial charge in [0.15, 0.2) is 11.0 Å². The van der Waals surface area contributed by atoms with Crippen LogP contribution in [0.15, 0.2) is 46.1 Å². The summed E-state index contributed by atoms with van der Waals surface area (Å²) in [6.45, 7) is 3.95. The van der Waals surface area contributed by atoms with Crippen LogP contribution in [0.1, 0.15) is 29.3 Å². The molecule has 2 aromatic heterocycles. The zero-order valence-corrected chi connectivity index (χ0v) is 18.1. The van der Waals surface area contributed by atoms with E-state index < -0.39 is 0 Å². The fourth-order valence-corrected chi connectivity index (χ4v) is 3.94. The van der Waals surface area contributed by atoms with Crippen LogP contribution in [0.5, 0.6) is 0 Å². The number of halogens is 1. The third kappa shape index (κ3) is 4.83. The quantitative estimate of drug-likeness (QED) is 0.388. The van der Waals surface area contributed by atoms with Crippen molar-refractivity contribution in [1.82, 2.24) is 20.1 Å². The summed E-state index contributed by atoms with van der Waals surface area (Å²) in [5.41, 5.74) is 4.66. The number of carbonyl (C=O) groups excluding carboxylic acids is 1. The number of para-hydroxylation sites is 1. The van der Waals surface area contributed by atoms with Gasteiger partial charge in [-0.2, -0.15) is 4.98 Å². The number of imidazole rings is 1. The van der Waals surface area contributed by atoms with Gasteiger partial charge in [0.2, 0.25) is 11.8 Å². The maximum absolute atomic E-state index is 12.3. The number of hydrogen-bond donors (Lipinski definition) is 2. The lowest BCUT2D eigenvalue weighted by Crippen LogP contribution is -2.14. The van der Waals surface area contributed by atoms with E-state index in [0.717, 1.165) is 33.0 Å². The van der Waals surface area contributed by atoms with Gasteiger partial charge in [0.05, 0.1) is 16.8 Å². The highest BCUT2D eigenvalue weighted by atomic mass is 35.5. The number of benzene rings is 2. The maximum Gasteiger partial charge on any atom is 0.227 e. The third-order valence-corrected chi connectivity index (χ3v) is 5.69. The zero-order chi connectivity index (χ0) is 21.1. The van der Waals surface area contributed by atoms with E-state index in [1.165, 1.54) is 11.8 Å². The van der Waals surface area contributed by atoms with Gasteiger partial charge < -0.3 is 14.8 Å². The summed E-state index contributed by atoms with van der Waals surface area (Å²) in [6, 6.07) is 11.4. The number of H-pyrrole nitrogens is 1. The maximum atomic E-state index is 12.3. The highest BCUT2D eigenvalue weighted by Crippen LogP contribution is 2.24. The van der Waals surface area contributed by atoms with Gasteiger partial charge in [-0.1, -0.05) is 46.7 Å². The van der Waals surface area contributed by atoms with Crippen LogP contribution in [0.3, 0.4) is 0 Å².